The molecule has 6 heteroatoms. The SMILES string of the molecule is COC(=O)C=C1CCN(C(=O)O)C[C@H]1F. The number of halogens is 1. The van der Waals surface area contributed by atoms with Crippen molar-refractivity contribution in [2.24, 2.45) is 0 Å². The van der Waals surface area contributed by atoms with Crippen LogP contribution in [0.4, 0.5) is 9.18 Å². The molecule has 1 saturated heterocycles. The van der Waals surface area contributed by atoms with Gasteiger partial charge >= 0.3 is 12.1 Å². The van der Waals surface area contributed by atoms with Crippen molar-refractivity contribution in [3.8, 4) is 0 Å². The molecule has 0 aliphatic carbocycles. The molecule has 1 rings (SSSR count). The molecule has 0 aromatic carbocycles. The molecule has 5 nitrogen and oxygen atoms in total. The molecule has 1 N–H and O–H groups in total. The van der Waals surface area contributed by atoms with Crippen molar-refractivity contribution in [3.63, 3.8) is 0 Å². The molecule has 0 unspecified atom stereocenters. The van der Waals surface area contributed by atoms with Gasteiger partial charge in [-0.3, -0.25) is 0 Å². The number of ether oxygens (including phenoxy) is 1. The van der Waals surface area contributed by atoms with Crippen molar-refractivity contribution in [2.75, 3.05) is 20.2 Å². The van der Waals surface area contributed by atoms with Crippen molar-refractivity contribution in [1.29, 1.82) is 0 Å². The van der Waals surface area contributed by atoms with E-state index >= 15 is 0 Å². The van der Waals surface area contributed by atoms with E-state index in [9.17, 15) is 14.0 Å². The summed E-state index contributed by atoms with van der Waals surface area (Å²) in [6.07, 6.45) is -1.25. The number of amides is 1. The zero-order valence-electron chi connectivity index (χ0n) is 8.27. The summed E-state index contributed by atoms with van der Waals surface area (Å²) >= 11 is 0. The molecule has 1 fully saturated rings. The number of methoxy groups -OCH3 is 1. The lowest BCUT2D eigenvalue weighted by atomic mass is 10.0. The van der Waals surface area contributed by atoms with Crippen LogP contribution in [0.3, 0.4) is 0 Å². The van der Waals surface area contributed by atoms with E-state index in [0.717, 1.165) is 11.0 Å². The van der Waals surface area contributed by atoms with Gasteiger partial charge in [-0.2, -0.15) is 0 Å². The summed E-state index contributed by atoms with van der Waals surface area (Å²) in [5.41, 5.74) is 0.291. The van der Waals surface area contributed by atoms with Crippen LogP contribution >= 0.6 is 0 Å². The maximum Gasteiger partial charge on any atom is 0.407 e. The molecule has 1 atom stereocenters. The summed E-state index contributed by atoms with van der Waals surface area (Å²) in [7, 11) is 1.21. The van der Waals surface area contributed by atoms with Gasteiger partial charge in [0.25, 0.3) is 0 Å². The molecule has 1 aliphatic rings. The van der Waals surface area contributed by atoms with E-state index in [2.05, 4.69) is 4.74 Å². The van der Waals surface area contributed by atoms with Crippen LogP contribution in [-0.4, -0.2) is 48.4 Å². The third kappa shape index (κ3) is 2.93. The molecule has 0 bridgehead atoms. The Morgan fingerprint density at radius 3 is 2.80 bits per heavy atom. The summed E-state index contributed by atoms with van der Waals surface area (Å²) in [6.45, 7) is -0.0171. The number of alkyl halides is 1. The number of nitrogens with zero attached hydrogens (tertiary/aromatic N) is 1. The highest BCUT2D eigenvalue weighted by atomic mass is 19.1. The van der Waals surface area contributed by atoms with E-state index in [-0.39, 0.29) is 19.5 Å². The van der Waals surface area contributed by atoms with Crippen LogP contribution in [0.1, 0.15) is 6.42 Å². The average molecular weight is 217 g/mol. The second-order valence-electron chi connectivity index (χ2n) is 3.19. The predicted molar refractivity (Wildman–Crippen MR) is 49.2 cm³/mol. The van der Waals surface area contributed by atoms with Crippen molar-refractivity contribution in [3.05, 3.63) is 11.6 Å². The monoisotopic (exact) mass is 217 g/mol. The van der Waals surface area contributed by atoms with Crippen molar-refractivity contribution in [1.82, 2.24) is 4.90 Å². The minimum atomic E-state index is -1.42. The number of piperidine rings is 1. The van der Waals surface area contributed by atoms with Gasteiger partial charge in [-0.25, -0.2) is 14.0 Å². The fraction of sp³-hybridized carbons (Fsp3) is 0.556. The fourth-order valence-corrected chi connectivity index (χ4v) is 1.37. The molecule has 0 saturated carbocycles. The smallest absolute Gasteiger partial charge is 0.407 e. The predicted octanol–water partition coefficient (Wildman–Crippen LogP) is 0.808. The van der Waals surface area contributed by atoms with Gasteiger partial charge in [-0.05, 0) is 12.0 Å². The van der Waals surface area contributed by atoms with Crippen LogP contribution in [0.5, 0.6) is 0 Å². The number of hydrogen-bond acceptors (Lipinski definition) is 3. The second kappa shape index (κ2) is 4.77. The summed E-state index contributed by atoms with van der Waals surface area (Å²) in [4.78, 5) is 22.4. The number of rotatable bonds is 1. The highest BCUT2D eigenvalue weighted by Gasteiger charge is 2.27. The Bertz CT molecular complexity index is 302. The Morgan fingerprint density at radius 1 is 1.67 bits per heavy atom. The molecule has 1 heterocycles. The van der Waals surface area contributed by atoms with Gasteiger partial charge in [-0.15, -0.1) is 0 Å². The van der Waals surface area contributed by atoms with Gasteiger partial charge in [0.2, 0.25) is 0 Å². The topological polar surface area (TPSA) is 66.8 Å². The Kier molecular flexibility index (Phi) is 3.65. The zero-order valence-corrected chi connectivity index (χ0v) is 8.27. The summed E-state index contributed by atoms with van der Waals surface area (Å²) in [6, 6.07) is 0. The van der Waals surface area contributed by atoms with Gasteiger partial charge in [-0.1, -0.05) is 0 Å². The maximum atomic E-state index is 13.4. The Morgan fingerprint density at radius 2 is 2.33 bits per heavy atom. The number of carbonyl (C=O) groups is 2. The van der Waals surface area contributed by atoms with Crippen LogP contribution < -0.4 is 0 Å². The van der Waals surface area contributed by atoms with Gasteiger partial charge in [0.05, 0.1) is 13.7 Å². The Balaban J connectivity index is 2.64. The summed E-state index contributed by atoms with van der Waals surface area (Å²) in [5.74, 6) is -0.614. The standard InChI is InChI=1S/C9H12FNO4/c1-15-8(12)4-6-2-3-11(9(13)14)5-7(6)10/h4,7H,2-3,5H2,1H3,(H,13,14)/t7-/m1/s1. The third-order valence-electron chi connectivity index (χ3n) is 2.23. The fourth-order valence-electron chi connectivity index (χ4n) is 1.37. The number of likely N-dealkylation sites (tertiary alicyclic amines) is 1. The molecule has 15 heavy (non-hydrogen) atoms. The normalized spacial score (nSPS) is 24.0. The molecule has 84 valence electrons. The molecule has 0 aromatic heterocycles. The maximum absolute atomic E-state index is 13.4. The molecule has 1 aliphatic heterocycles. The van der Waals surface area contributed by atoms with Gasteiger partial charge < -0.3 is 14.7 Å². The first-order valence-corrected chi connectivity index (χ1v) is 4.45. The number of hydrogen-bond donors (Lipinski definition) is 1. The molecular weight excluding hydrogens is 205 g/mol. The van der Waals surface area contributed by atoms with Gasteiger partial charge in [0.15, 0.2) is 0 Å². The highest BCUT2D eigenvalue weighted by molar-refractivity contribution is 5.83. The second-order valence-corrected chi connectivity index (χ2v) is 3.19. The zero-order chi connectivity index (χ0) is 11.4. The first kappa shape index (κ1) is 11.5. The van der Waals surface area contributed by atoms with E-state index in [1.165, 1.54) is 7.11 Å². The highest BCUT2D eigenvalue weighted by Crippen LogP contribution is 2.19. The lowest BCUT2D eigenvalue weighted by Crippen LogP contribution is -2.41. The first-order chi connectivity index (χ1) is 7.04. The average Bonchev–Trinajstić information content (AvgIpc) is 2.20. The number of carboxylic acid groups (broad SMARTS) is 1. The summed E-state index contributed by atoms with van der Waals surface area (Å²) < 4.78 is 17.7. The van der Waals surface area contributed by atoms with E-state index in [4.69, 9.17) is 5.11 Å². The molecule has 0 radical (unpaired) electrons. The van der Waals surface area contributed by atoms with E-state index < -0.39 is 18.2 Å². The minimum Gasteiger partial charge on any atom is -0.466 e. The number of esters is 1. The minimum absolute atomic E-state index is 0.207. The lowest BCUT2D eigenvalue weighted by Gasteiger charge is -2.28. The summed E-state index contributed by atoms with van der Waals surface area (Å²) in [5, 5.41) is 8.62. The first-order valence-electron chi connectivity index (χ1n) is 4.45. The van der Waals surface area contributed by atoms with Gasteiger partial charge in [0.1, 0.15) is 6.17 Å². The van der Waals surface area contributed by atoms with Crippen LogP contribution in [0.25, 0.3) is 0 Å². The van der Waals surface area contributed by atoms with E-state index in [1.807, 2.05) is 0 Å². The van der Waals surface area contributed by atoms with Crippen LogP contribution in [0.2, 0.25) is 0 Å². The quantitative estimate of drug-likeness (QED) is 0.521. The molecule has 0 spiro atoms. The Labute approximate surface area is 86.1 Å². The third-order valence-corrected chi connectivity index (χ3v) is 2.23. The van der Waals surface area contributed by atoms with Crippen LogP contribution in [-0.2, 0) is 9.53 Å². The Hall–Kier alpha value is -1.59. The van der Waals surface area contributed by atoms with Crippen molar-refractivity contribution < 1.29 is 23.8 Å². The van der Waals surface area contributed by atoms with Crippen LogP contribution in [0, 0.1) is 0 Å². The lowest BCUT2D eigenvalue weighted by molar-refractivity contribution is -0.134. The van der Waals surface area contributed by atoms with Gasteiger partial charge in [0, 0.05) is 12.6 Å². The molecule has 0 aromatic rings. The van der Waals surface area contributed by atoms with E-state index in [1.54, 1.807) is 0 Å². The van der Waals surface area contributed by atoms with Crippen molar-refractivity contribution >= 4 is 12.1 Å². The van der Waals surface area contributed by atoms with E-state index in [0.29, 0.717) is 5.57 Å². The largest absolute Gasteiger partial charge is 0.466 e. The molecule has 1 amide bonds. The van der Waals surface area contributed by atoms with Crippen LogP contribution in [0.15, 0.2) is 11.6 Å². The molecular formula is C9H12FNO4. The van der Waals surface area contributed by atoms with Crippen molar-refractivity contribution in [2.45, 2.75) is 12.6 Å². The number of carbonyl (C=O) groups excluding carboxylic acids is 1.